The molecule has 0 spiro atoms. The van der Waals surface area contributed by atoms with E-state index in [0.29, 0.717) is 22.1 Å². The number of rotatable bonds is 5. The van der Waals surface area contributed by atoms with E-state index in [-0.39, 0.29) is 5.56 Å². The van der Waals surface area contributed by atoms with E-state index >= 15 is 0 Å². The number of hydrogen-bond donors (Lipinski definition) is 4. The molecule has 4 N–H and O–H groups in total. The molecule has 6 nitrogen and oxygen atoms in total. The molecule has 1 heterocycles. The second kappa shape index (κ2) is 7.58. The molecule has 2 atom stereocenters. The number of amides is 2. The second-order valence-electron chi connectivity index (χ2n) is 6.71. The van der Waals surface area contributed by atoms with Gasteiger partial charge < -0.3 is 21.1 Å². The van der Waals surface area contributed by atoms with Crippen LogP contribution < -0.4 is 16.0 Å². The number of halogens is 1. The SMILES string of the molecule is O=C(Nc1ccccc1)C(Nc1ccccc1)C1(O)C(=O)Nc2cc(Cl)ccc21. The van der Waals surface area contributed by atoms with Gasteiger partial charge in [-0.2, -0.15) is 0 Å². The molecule has 29 heavy (non-hydrogen) atoms. The number of aliphatic hydroxyl groups is 1. The monoisotopic (exact) mass is 407 g/mol. The predicted octanol–water partition coefficient (Wildman–Crippen LogP) is 3.60. The summed E-state index contributed by atoms with van der Waals surface area (Å²) in [5, 5.41) is 20.3. The summed E-state index contributed by atoms with van der Waals surface area (Å²) in [5.41, 5.74) is -0.338. The zero-order chi connectivity index (χ0) is 20.4. The van der Waals surface area contributed by atoms with Gasteiger partial charge in [0.05, 0.1) is 0 Å². The molecule has 0 saturated carbocycles. The van der Waals surface area contributed by atoms with Crippen LogP contribution in [0.15, 0.2) is 78.9 Å². The third-order valence-electron chi connectivity index (χ3n) is 4.79. The van der Waals surface area contributed by atoms with Crippen LogP contribution in [0.2, 0.25) is 5.02 Å². The van der Waals surface area contributed by atoms with Gasteiger partial charge in [0.15, 0.2) is 5.60 Å². The average molecular weight is 408 g/mol. The van der Waals surface area contributed by atoms with Crippen molar-refractivity contribution in [2.45, 2.75) is 11.6 Å². The maximum absolute atomic E-state index is 13.2. The number of nitrogens with one attached hydrogen (secondary N) is 3. The highest BCUT2D eigenvalue weighted by atomic mass is 35.5. The lowest BCUT2D eigenvalue weighted by atomic mass is 9.86. The Hall–Kier alpha value is -3.35. The first-order chi connectivity index (χ1) is 14.0. The van der Waals surface area contributed by atoms with Crippen LogP contribution in [0.4, 0.5) is 17.1 Å². The lowest BCUT2D eigenvalue weighted by molar-refractivity contribution is -0.140. The number of para-hydroxylation sites is 2. The van der Waals surface area contributed by atoms with E-state index in [1.807, 2.05) is 12.1 Å². The molecular weight excluding hydrogens is 390 g/mol. The van der Waals surface area contributed by atoms with E-state index in [9.17, 15) is 14.7 Å². The lowest BCUT2D eigenvalue weighted by Crippen LogP contribution is -2.55. The fourth-order valence-electron chi connectivity index (χ4n) is 3.38. The quantitative estimate of drug-likeness (QED) is 0.520. The molecule has 0 aromatic heterocycles. The smallest absolute Gasteiger partial charge is 0.263 e. The summed E-state index contributed by atoms with van der Waals surface area (Å²) in [7, 11) is 0. The summed E-state index contributed by atoms with van der Waals surface area (Å²) >= 11 is 6.02. The molecule has 3 aromatic rings. The van der Waals surface area contributed by atoms with Crippen LogP contribution in [0.1, 0.15) is 5.56 Å². The minimum Gasteiger partial charge on any atom is -0.373 e. The Kier molecular flexibility index (Phi) is 4.96. The fraction of sp³-hybridized carbons (Fsp3) is 0.0909. The van der Waals surface area contributed by atoms with Crippen LogP contribution in [0.5, 0.6) is 0 Å². The maximum atomic E-state index is 13.2. The van der Waals surface area contributed by atoms with Crippen molar-refractivity contribution < 1.29 is 14.7 Å². The molecular formula is C22H18ClN3O3. The summed E-state index contributed by atoms with van der Waals surface area (Å²) in [4.78, 5) is 26.0. The van der Waals surface area contributed by atoms with Crippen molar-refractivity contribution in [3.63, 3.8) is 0 Å². The Morgan fingerprint density at radius 1 is 0.966 bits per heavy atom. The third-order valence-corrected chi connectivity index (χ3v) is 5.03. The molecule has 3 aromatic carbocycles. The summed E-state index contributed by atoms with van der Waals surface area (Å²) in [6.07, 6.45) is 0. The van der Waals surface area contributed by atoms with Crippen molar-refractivity contribution in [3.8, 4) is 0 Å². The van der Waals surface area contributed by atoms with Crippen molar-refractivity contribution in [3.05, 3.63) is 89.4 Å². The molecule has 0 bridgehead atoms. The number of carbonyl (C=O) groups is 2. The second-order valence-corrected chi connectivity index (χ2v) is 7.15. The van der Waals surface area contributed by atoms with Gasteiger partial charge in [-0.3, -0.25) is 9.59 Å². The van der Waals surface area contributed by atoms with E-state index in [2.05, 4.69) is 16.0 Å². The average Bonchev–Trinajstić information content (AvgIpc) is 2.97. The fourth-order valence-corrected chi connectivity index (χ4v) is 3.55. The first kappa shape index (κ1) is 19.0. The minimum atomic E-state index is -2.13. The van der Waals surface area contributed by atoms with E-state index in [1.165, 1.54) is 0 Å². The number of fused-ring (bicyclic) bond motifs is 1. The summed E-state index contributed by atoms with van der Waals surface area (Å²) in [5.74, 6) is -1.26. The molecule has 0 radical (unpaired) electrons. The number of carbonyl (C=O) groups excluding carboxylic acids is 2. The van der Waals surface area contributed by atoms with Crippen molar-refractivity contribution >= 4 is 40.5 Å². The highest BCUT2D eigenvalue weighted by molar-refractivity contribution is 6.31. The first-order valence-electron chi connectivity index (χ1n) is 9.00. The molecule has 2 amide bonds. The third kappa shape index (κ3) is 3.55. The Bertz CT molecular complexity index is 1060. The predicted molar refractivity (Wildman–Crippen MR) is 113 cm³/mol. The minimum absolute atomic E-state index is 0.281. The molecule has 0 fully saturated rings. The topological polar surface area (TPSA) is 90.5 Å². The number of anilines is 3. The van der Waals surface area contributed by atoms with Gasteiger partial charge in [-0.25, -0.2) is 0 Å². The standard InChI is InChI=1S/C22H18ClN3O3/c23-14-11-12-17-18(13-14)26-21(28)22(17,29)19(24-15-7-3-1-4-8-15)20(27)25-16-9-5-2-6-10-16/h1-13,19,24,29H,(H,25,27)(H,26,28). The van der Waals surface area contributed by atoms with Crippen LogP contribution in [0.25, 0.3) is 0 Å². The van der Waals surface area contributed by atoms with E-state index in [0.717, 1.165) is 0 Å². The molecule has 2 unspecified atom stereocenters. The molecule has 0 aliphatic carbocycles. The molecule has 146 valence electrons. The molecule has 7 heteroatoms. The largest absolute Gasteiger partial charge is 0.373 e. The van der Waals surface area contributed by atoms with Crippen molar-refractivity contribution in [1.82, 2.24) is 0 Å². The highest BCUT2D eigenvalue weighted by Gasteiger charge is 2.54. The van der Waals surface area contributed by atoms with Gasteiger partial charge >= 0.3 is 0 Å². The lowest BCUT2D eigenvalue weighted by Gasteiger charge is -2.31. The Balaban J connectivity index is 1.75. The Morgan fingerprint density at radius 2 is 1.59 bits per heavy atom. The van der Waals surface area contributed by atoms with Gasteiger partial charge in [0.2, 0.25) is 0 Å². The van der Waals surface area contributed by atoms with Gasteiger partial charge in [-0.15, -0.1) is 0 Å². The molecule has 1 aliphatic heterocycles. The number of hydrogen-bond acceptors (Lipinski definition) is 4. The normalized spacial score (nSPS) is 18.5. The van der Waals surface area contributed by atoms with Crippen molar-refractivity contribution in [1.29, 1.82) is 0 Å². The van der Waals surface area contributed by atoms with Gasteiger partial charge in [-0.1, -0.05) is 54.1 Å². The van der Waals surface area contributed by atoms with Gasteiger partial charge in [0.1, 0.15) is 6.04 Å². The zero-order valence-electron chi connectivity index (χ0n) is 15.2. The van der Waals surface area contributed by atoms with Crippen molar-refractivity contribution in [2.24, 2.45) is 0 Å². The highest BCUT2D eigenvalue weighted by Crippen LogP contribution is 2.41. The van der Waals surface area contributed by atoms with Crippen LogP contribution in [0, 0.1) is 0 Å². The Labute approximate surface area is 172 Å². The van der Waals surface area contributed by atoms with E-state index in [4.69, 9.17) is 11.6 Å². The van der Waals surface area contributed by atoms with Crippen LogP contribution in [-0.2, 0) is 15.2 Å². The first-order valence-corrected chi connectivity index (χ1v) is 9.37. The van der Waals surface area contributed by atoms with Crippen LogP contribution in [0.3, 0.4) is 0 Å². The Morgan fingerprint density at radius 3 is 2.24 bits per heavy atom. The van der Waals surface area contributed by atoms with E-state index in [1.54, 1.807) is 66.7 Å². The van der Waals surface area contributed by atoms with Gasteiger partial charge in [-0.05, 0) is 36.4 Å². The van der Waals surface area contributed by atoms with Gasteiger partial charge in [0.25, 0.3) is 11.8 Å². The van der Waals surface area contributed by atoms with E-state index < -0.39 is 23.5 Å². The van der Waals surface area contributed by atoms with Gasteiger partial charge in [0, 0.05) is 27.6 Å². The summed E-state index contributed by atoms with van der Waals surface area (Å²) in [6.45, 7) is 0. The molecule has 1 aliphatic rings. The summed E-state index contributed by atoms with van der Waals surface area (Å²) < 4.78 is 0. The van der Waals surface area contributed by atoms with Crippen LogP contribution in [-0.4, -0.2) is 23.0 Å². The van der Waals surface area contributed by atoms with Crippen LogP contribution >= 0.6 is 11.6 Å². The number of benzene rings is 3. The maximum Gasteiger partial charge on any atom is 0.263 e. The summed E-state index contributed by atoms with van der Waals surface area (Å²) in [6, 6.07) is 21.1. The zero-order valence-corrected chi connectivity index (χ0v) is 16.0. The molecule has 4 rings (SSSR count). The molecule has 0 saturated heterocycles. The van der Waals surface area contributed by atoms with Crippen molar-refractivity contribution in [2.75, 3.05) is 16.0 Å².